The van der Waals surface area contributed by atoms with E-state index in [-0.39, 0.29) is 0 Å². The summed E-state index contributed by atoms with van der Waals surface area (Å²) in [6.45, 7) is 3.13. The van der Waals surface area contributed by atoms with Crippen molar-refractivity contribution in [3.63, 3.8) is 0 Å². The van der Waals surface area contributed by atoms with Gasteiger partial charge < -0.3 is 4.74 Å². The first kappa shape index (κ1) is 8.54. The van der Waals surface area contributed by atoms with Gasteiger partial charge in [-0.3, -0.25) is 0 Å². The summed E-state index contributed by atoms with van der Waals surface area (Å²) < 4.78 is 5.60. The molecule has 1 saturated carbocycles. The maximum Gasteiger partial charge on any atom is 0.0575 e. The average Bonchev–Trinajstić information content (AvgIpc) is 1.84. The van der Waals surface area contributed by atoms with Gasteiger partial charge in [-0.15, -0.1) is 0 Å². The van der Waals surface area contributed by atoms with Gasteiger partial charge in [-0.05, 0) is 25.2 Å². The van der Waals surface area contributed by atoms with Crippen molar-refractivity contribution in [3.8, 4) is 0 Å². The highest BCUT2D eigenvalue weighted by Crippen LogP contribution is 2.22. The first-order chi connectivity index (χ1) is 4.83. The first-order valence-electron chi connectivity index (χ1n) is 4.00. The Morgan fingerprint density at radius 2 is 2.30 bits per heavy atom. The van der Waals surface area contributed by atoms with Crippen LogP contribution in [0.2, 0.25) is 0 Å². The summed E-state index contributed by atoms with van der Waals surface area (Å²) in [6.07, 6.45) is 4.54. The van der Waals surface area contributed by atoms with Gasteiger partial charge in [0, 0.05) is 5.33 Å². The average molecular weight is 207 g/mol. The fourth-order valence-corrected chi connectivity index (χ4v) is 1.07. The number of alkyl halides is 1. The molecule has 1 fully saturated rings. The number of halogens is 1. The molecule has 1 aliphatic carbocycles. The molecule has 60 valence electrons. The molecule has 1 aliphatic rings. The molecule has 0 aromatic carbocycles. The second-order valence-electron chi connectivity index (χ2n) is 3.15. The zero-order valence-electron chi connectivity index (χ0n) is 6.48. The third-order valence-corrected chi connectivity index (χ3v) is 3.04. The lowest BCUT2D eigenvalue weighted by atomic mass is 9.96. The Kier molecular flexibility index (Phi) is 3.71. The molecule has 2 heteroatoms. The second-order valence-corrected chi connectivity index (χ2v) is 3.79. The standard InChI is InChI=1S/C8H15BrO/c1-7(5-9)6-10-8-3-2-4-8/h7-8H,2-6H2,1H3. The van der Waals surface area contributed by atoms with E-state index < -0.39 is 0 Å². The van der Waals surface area contributed by atoms with Crippen molar-refractivity contribution in [2.45, 2.75) is 32.3 Å². The number of hydrogen-bond acceptors (Lipinski definition) is 1. The normalized spacial score (nSPS) is 22.2. The van der Waals surface area contributed by atoms with E-state index in [9.17, 15) is 0 Å². The van der Waals surface area contributed by atoms with Crippen molar-refractivity contribution in [3.05, 3.63) is 0 Å². The summed E-state index contributed by atoms with van der Waals surface area (Å²) in [6, 6.07) is 0. The van der Waals surface area contributed by atoms with Crippen LogP contribution in [0.1, 0.15) is 26.2 Å². The fraction of sp³-hybridized carbons (Fsp3) is 1.00. The van der Waals surface area contributed by atoms with Crippen LogP contribution in [-0.2, 0) is 4.74 Å². The molecular weight excluding hydrogens is 192 g/mol. The number of hydrogen-bond donors (Lipinski definition) is 0. The Morgan fingerprint density at radius 1 is 1.60 bits per heavy atom. The smallest absolute Gasteiger partial charge is 0.0575 e. The Morgan fingerprint density at radius 3 is 2.70 bits per heavy atom. The second kappa shape index (κ2) is 4.35. The fourth-order valence-electron chi connectivity index (χ4n) is 0.882. The van der Waals surface area contributed by atoms with Gasteiger partial charge in [-0.25, -0.2) is 0 Å². The van der Waals surface area contributed by atoms with E-state index in [1.54, 1.807) is 0 Å². The molecule has 0 bridgehead atoms. The predicted octanol–water partition coefficient (Wildman–Crippen LogP) is 2.59. The molecule has 0 aromatic heterocycles. The Bertz CT molecular complexity index is 86.5. The molecule has 0 heterocycles. The minimum absolute atomic E-state index is 0.599. The largest absolute Gasteiger partial charge is 0.378 e. The van der Waals surface area contributed by atoms with Crippen LogP contribution in [0.15, 0.2) is 0 Å². The van der Waals surface area contributed by atoms with E-state index in [4.69, 9.17) is 4.74 Å². The molecule has 0 aliphatic heterocycles. The van der Waals surface area contributed by atoms with Crippen LogP contribution < -0.4 is 0 Å². The third-order valence-electron chi connectivity index (χ3n) is 1.93. The molecule has 0 amide bonds. The summed E-state index contributed by atoms with van der Waals surface area (Å²) in [5.41, 5.74) is 0. The van der Waals surface area contributed by atoms with Crippen LogP contribution in [0.5, 0.6) is 0 Å². The minimum atomic E-state index is 0.599. The number of rotatable bonds is 4. The minimum Gasteiger partial charge on any atom is -0.378 e. The van der Waals surface area contributed by atoms with Gasteiger partial charge in [0.25, 0.3) is 0 Å². The van der Waals surface area contributed by atoms with Crippen molar-refractivity contribution >= 4 is 15.9 Å². The first-order valence-corrected chi connectivity index (χ1v) is 5.12. The van der Waals surface area contributed by atoms with Gasteiger partial charge in [0.1, 0.15) is 0 Å². The molecule has 0 radical (unpaired) electrons. The molecule has 1 nitrogen and oxygen atoms in total. The lowest BCUT2D eigenvalue weighted by Crippen LogP contribution is -2.24. The maximum absolute atomic E-state index is 5.60. The molecule has 1 rings (SSSR count). The zero-order chi connectivity index (χ0) is 7.40. The molecule has 1 unspecified atom stereocenters. The van der Waals surface area contributed by atoms with E-state index in [1.165, 1.54) is 19.3 Å². The molecule has 0 N–H and O–H groups in total. The molecule has 1 atom stereocenters. The van der Waals surface area contributed by atoms with Crippen LogP contribution in [0.3, 0.4) is 0 Å². The van der Waals surface area contributed by atoms with Gasteiger partial charge in [-0.2, -0.15) is 0 Å². The van der Waals surface area contributed by atoms with Crippen molar-refractivity contribution < 1.29 is 4.74 Å². The van der Waals surface area contributed by atoms with Gasteiger partial charge in [-0.1, -0.05) is 22.9 Å². The van der Waals surface area contributed by atoms with Crippen molar-refractivity contribution in [2.75, 3.05) is 11.9 Å². The van der Waals surface area contributed by atoms with Crippen LogP contribution in [0, 0.1) is 5.92 Å². The molecule has 0 spiro atoms. The summed E-state index contributed by atoms with van der Waals surface area (Å²) in [5.74, 6) is 0.667. The van der Waals surface area contributed by atoms with Crippen molar-refractivity contribution in [1.29, 1.82) is 0 Å². The molecule has 0 saturated heterocycles. The van der Waals surface area contributed by atoms with Crippen molar-refractivity contribution in [2.24, 2.45) is 5.92 Å². The lowest BCUT2D eigenvalue weighted by molar-refractivity contribution is -0.00980. The third kappa shape index (κ3) is 2.59. The van der Waals surface area contributed by atoms with Crippen LogP contribution in [-0.4, -0.2) is 18.0 Å². The van der Waals surface area contributed by atoms with Crippen LogP contribution in [0.25, 0.3) is 0 Å². The van der Waals surface area contributed by atoms with E-state index in [2.05, 4.69) is 22.9 Å². The number of ether oxygens (including phenoxy) is 1. The Labute approximate surface area is 71.3 Å². The molecule has 10 heavy (non-hydrogen) atoms. The summed E-state index contributed by atoms with van der Waals surface area (Å²) in [4.78, 5) is 0. The van der Waals surface area contributed by atoms with Crippen LogP contribution >= 0.6 is 15.9 Å². The Balaban J connectivity index is 1.93. The highest BCUT2D eigenvalue weighted by molar-refractivity contribution is 9.09. The van der Waals surface area contributed by atoms with Crippen LogP contribution in [0.4, 0.5) is 0 Å². The van der Waals surface area contributed by atoms with E-state index in [0.717, 1.165) is 11.9 Å². The summed E-state index contributed by atoms with van der Waals surface area (Å²) in [7, 11) is 0. The lowest BCUT2D eigenvalue weighted by Gasteiger charge is -2.26. The van der Waals surface area contributed by atoms with E-state index >= 15 is 0 Å². The quantitative estimate of drug-likeness (QED) is 0.644. The summed E-state index contributed by atoms with van der Waals surface area (Å²) in [5, 5.41) is 1.06. The highest BCUT2D eigenvalue weighted by Gasteiger charge is 2.18. The topological polar surface area (TPSA) is 9.23 Å². The van der Waals surface area contributed by atoms with Gasteiger partial charge in [0.05, 0.1) is 12.7 Å². The summed E-state index contributed by atoms with van der Waals surface area (Å²) >= 11 is 3.42. The predicted molar refractivity (Wildman–Crippen MR) is 46.5 cm³/mol. The van der Waals surface area contributed by atoms with E-state index in [1.807, 2.05) is 0 Å². The Hall–Kier alpha value is 0.440. The zero-order valence-corrected chi connectivity index (χ0v) is 8.06. The van der Waals surface area contributed by atoms with Gasteiger partial charge >= 0.3 is 0 Å². The maximum atomic E-state index is 5.60. The van der Waals surface area contributed by atoms with Gasteiger partial charge in [0.2, 0.25) is 0 Å². The SMILES string of the molecule is CC(CBr)COC1CCC1. The van der Waals surface area contributed by atoms with E-state index in [0.29, 0.717) is 12.0 Å². The van der Waals surface area contributed by atoms with Crippen molar-refractivity contribution in [1.82, 2.24) is 0 Å². The van der Waals surface area contributed by atoms with Gasteiger partial charge in [0.15, 0.2) is 0 Å². The molecule has 0 aromatic rings. The monoisotopic (exact) mass is 206 g/mol. The highest BCUT2D eigenvalue weighted by atomic mass is 79.9. The molecular formula is C8H15BrO.